The van der Waals surface area contributed by atoms with Gasteiger partial charge in [-0.25, -0.2) is 0 Å². The molecule has 1 aromatic rings. The summed E-state index contributed by atoms with van der Waals surface area (Å²) in [6.45, 7) is 3.27. The van der Waals surface area contributed by atoms with Crippen LogP contribution in [0.15, 0.2) is 11.4 Å². The van der Waals surface area contributed by atoms with Gasteiger partial charge in [-0.05, 0) is 43.8 Å². The summed E-state index contributed by atoms with van der Waals surface area (Å²) in [6.07, 6.45) is 2.34. The minimum atomic E-state index is 0.451. The predicted molar refractivity (Wildman–Crippen MR) is 61.5 cm³/mol. The first kappa shape index (κ1) is 10.1. The van der Waals surface area contributed by atoms with Gasteiger partial charge in [-0.2, -0.15) is 0 Å². The van der Waals surface area contributed by atoms with Gasteiger partial charge in [-0.15, -0.1) is 11.3 Å². The van der Waals surface area contributed by atoms with Crippen LogP contribution in [0.25, 0.3) is 0 Å². The van der Waals surface area contributed by atoms with Crippen LogP contribution in [0.2, 0.25) is 0 Å². The Morgan fingerprint density at radius 2 is 2.29 bits per heavy atom. The van der Waals surface area contributed by atoms with Crippen molar-refractivity contribution in [2.24, 2.45) is 5.73 Å². The third-order valence-corrected chi connectivity index (χ3v) is 4.14. The predicted octanol–water partition coefficient (Wildman–Crippen LogP) is 1.98. The van der Waals surface area contributed by atoms with Gasteiger partial charge >= 0.3 is 0 Å². The number of nitrogens with two attached hydrogens (primary N) is 1. The lowest BCUT2D eigenvalue weighted by atomic mass is 9.86. The SMILES string of the molecule is Cc1ccsc1CN(C)C1CC(N)C1. The number of aryl methyl sites for hydroxylation is 1. The Kier molecular flexibility index (Phi) is 2.91. The van der Waals surface area contributed by atoms with E-state index < -0.39 is 0 Å². The third-order valence-electron chi connectivity index (χ3n) is 3.13. The number of hydrogen-bond acceptors (Lipinski definition) is 3. The Labute approximate surface area is 89.7 Å². The summed E-state index contributed by atoms with van der Waals surface area (Å²) in [7, 11) is 2.20. The van der Waals surface area contributed by atoms with Crippen molar-refractivity contribution in [3.05, 3.63) is 21.9 Å². The second-order valence-electron chi connectivity index (χ2n) is 4.33. The molecule has 78 valence electrons. The van der Waals surface area contributed by atoms with Crippen LogP contribution in [-0.2, 0) is 6.54 Å². The van der Waals surface area contributed by atoms with Gasteiger partial charge in [-0.3, -0.25) is 4.90 Å². The normalized spacial score (nSPS) is 26.6. The Morgan fingerprint density at radius 1 is 1.57 bits per heavy atom. The molecule has 0 unspecified atom stereocenters. The molecule has 0 spiro atoms. The van der Waals surface area contributed by atoms with E-state index in [-0.39, 0.29) is 0 Å². The molecule has 0 aromatic carbocycles. The van der Waals surface area contributed by atoms with E-state index in [1.807, 2.05) is 11.3 Å². The lowest BCUT2D eigenvalue weighted by molar-refractivity contribution is 0.133. The molecule has 1 heterocycles. The van der Waals surface area contributed by atoms with E-state index in [0.717, 1.165) is 6.54 Å². The highest BCUT2D eigenvalue weighted by Gasteiger charge is 2.29. The molecule has 0 bridgehead atoms. The van der Waals surface area contributed by atoms with Crippen molar-refractivity contribution >= 4 is 11.3 Å². The summed E-state index contributed by atoms with van der Waals surface area (Å²) in [5.74, 6) is 0. The summed E-state index contributed by atoms with van der Waals surface area (Å²) in [6, 6.07) is 3.36. The average Bonchev–Trinajstić information content (AvgIpc) is 2.46. The first-order valence-corrected chi connectivity index (χ1v) is 6.03. The molecule has 2 nitrogen and oxygen atoms in total. The topological polar surface area (TPSA) is 29.3 Å². The molecule has 0 amide bonds. The molecule has 0 aliphatic heterocycles. The summed E-state index contributed by atoms with van der Waals surface area (Å²) in [5.41, 5.74) is 7.21. The maximum Gasteiger partial charge on any atom is 0.0330 e. The molecule has 0 saturated heterocycles. The van der Waals surface area contributed by atoms with Crippen molar-refractivity contribution in [3.8, 4) is 0 Å². The zero-order chi connectivity index (χ0) is 10.1. The molecular formula is C11H18N2S. The van der Waals surface area contributed by atoms with Crippen molar-refractivity contribution in [1.29, 1.82) is 0 Å². The van der Waals surface area contributed by atoms with Crippen LogP contribution in [0.4, 0.5) is 0 Å². The smallest absolute Gasteiger partial charge is 0.0330 e. The van der Waals surface area contributed by atoms with Crippen LogP contribution in [0.5, 0.6) is 0 Å². The van der Waals surface area contributed by atoms with Crippen LogP contribution in [0, 0.1) is 6.92 Å². The van der Waals surface area contributed by atoms with E-state index in [1.54, 1.807) is 0 Å². The summed E-state index contributed by atoms with van der Waals surface area (Å²) < 4.78 is 0. The quantitative estimate of drug-likeness (QED) is 0.826. The summed E-state index contributed by atoms with van der Waals surface area (Å²) >= 11 is 1.86. The van der Waals surface area contributed by atoms with Crippen LogP contribution < -0.4 is 5.73 Å². The number of hydrogen-bond donors (Lipinski definition) is 1. The Balaban J connectivity index is 1.89. The van der Waals surface area contributed by atoms with Crippen molar-refractivity contribution in [2.75, 3.05) is 7.05 Å². The summed E-state index contributed by atoms with van der Waals surface area (Å²) in [4.78, 5) is 3.93. The van der Waals surface area contributed by atoms with E-state index in [4.69, 9.17) is 5.73 Å². The Morgan fingerprint density at radius 3 is 2.79 bits per heavy atom. The molecule has 0 atom stereocenters. The lowest BCUT2D eigenvalue weighted by Crippen LogP contribution is -2.48. The van der Waals surface area contributed by atoms with Gasteiger partial charge in [0.15, 0.2) is 0 Å². The highest BCUT2D eigenvalue weighted by Crippen LogP contribution is 2.26. The Hall–Kier alpha value is -0.380. The number of thiophene rings is 1. The molecule has 1 aromatic heterocycles. The average molecular weight is 210 g/mol. The van der Waals surface area contributed by atoms with Crippen LogP contribution in [0.3, 0.4) is 0 Å². The first-order valence-electron chi connectivity index (χ1n) is 5.15. The van der Waals surface area contributed by atoms with Crippen molar-refractivity contribution in [2.45, 2.75) is 38.4 Å². The monoisotopic (exact) mass is 210 g/mol. The maximum atomic E-state index is 5.79. The highest BCUT2D eigenvalue weighted by molar-refractivity contribution is 7.10. The fourth-order valence-corrected chi connectivity index (χ4v) is 2.88. The van der Waals surface area contributed by atoms with Crippen LogP contribution in [0.1, 0.15) is 23.3 Å². The fraction of sp³-hybridized carbons (Fsp3) is 0.636. The zero-order valence-corrected chi connectivity index (χ0v) is 9.68. The molecule has 1 aliphatic rings. The molecule has 1 aliphatic carbocycles. The molecular weight excluding hydrogens is 192 g/mol. The molecule has 2 N–H and O–H groups in total. The van der Waals surface area contributed by atoms with Crippen molar-refractivity contribution in [1.82, 2.24) is 4.90 Å². The lowest BCUT2D eigenvalue weighted by Gasteiger charge is -2.39. The highest BCUT2D eigenvalue weighted by atomic mass is 32.1. The number of nitrogens with zero attached hydrogens (tertiary/aromatic N) is 1. The molecule has 3 heteroatoms. The van der Waals surface area contributed by atoms with E-state index in [2.05, 4.69) is 30.3 Å². The standard InChI is InChI=1S/C11H18N2S/c1-8-3-4-14-11(8)7-13(2)10-5-9(12)6-10/h3-4,9-10H,5-7,12H2,1-2H3. The fourth-order valence-electron chi connectivity index (χ4n) is 1.91. The molecule has 0 radical (unpaired) electrons. The molecule has 1 saturated carbocycles. The largest absolute Gasteiger partial charge is 0.328 e. The maximum absolute atomic E-state index is 5.79. The second kappa shape index (κ2) is 4.01. The van der Waals surface area contributed by atoms with Crippen molar-refractivity contribution < 1.29 is 0 Å². The number of rotatable bonds is 3. The van der Waals surface area contributed by atoms with Gasteiger partial charge < -0.3 is 5.73 Å². The van der Waals surface area contributed by atoms with E-state index in [1.165, 1.54) is 23.3 Å². The Bertz CT molecular complexity index is 302. The minimum Gasteiger partial charge on any atom is -0.328 e. The van der Waals surface area contributed by atoms with Gasteiger partial charge in [0.05, 0.1) is 0 Å². The van der Waals surface area contributed by atoms with Gasteiger partial charge in [0.2, 0.25) is 0 Å². The van der Waals surface area contributed by atoms with E-state index >= 15 is 0 Å². The summed E-state index contributed by atoms with van der Waals surface area (Å²) in [5, 5.41) is 2.17. The second-order valence-corrected chi connectivity index (χ2v) is 5.33. The van der Waals surface area contributed by atoms with Gasteiger partial charge in [0.1, 0.15) is 0 Å². The van der Waals surface area contributed by atoms with E-state index in [0.29, 0.717) is 12.1 Å². The van der Waals surface area contributed by atoms with Gasteiger partial charge in [-0.1, -0.05) is 0 Å². The van der Waals surface area contributed by atoms with Crippen LogP contribution in [-0.4, -0.2) is 24.0 Å². The third kappa shape index (κ3) is 2.00. The molecule has 14 heavy (non-hydrogen) atoms. The van der Waals surface area contributed by atoms with E-state index in [9.17, 15) is 0 Å². The van der Waals surface area contributed by atoms with Crippen molar-refractivity contribution in [3.63, 3.8) is 0 Å². The zero-order valence-electron chi connectivity index (χ0n) is 8.86. The minimum absolute atomic E-state index is 0.451. The van der Waals surface area contributed by atoms with Crippen LogP contribution >= 0.6 is 11.3 Å². The first-order chi connectivity index (χ1) is 6.66. The van der Waals surface area contributed by atoms with Gasteiger partial charge in [0.25, 0.3) is 0 Å². The molecule has 2 rings (SSSR count). The molecule has 1 fully saturated rings. The van der Waals surface area contributed by atoms with Gasteiger partial charge in [0, 0.05) is 23.5 Å².